The van der Waals surface area contributed by atoms with Crippen LogP contribution in [0.2, 0.25) is 0 Å². The van der Waals surface area contributed by atoms with E-state index >= 15 is 0 Å². The lowest BCUT2D eigenvalue weighted by Crippen LogP contribution is -2.51. The van der Waals surface area contributed by atoms with Crippen LogP contribution >= 0.6 is 0 Å². The molecule has 0 amide bonds. The van der Waals surface area contributed by atoms with Gasteiger partial charge in [0.1, 0.15) is 0 Å². The highest BCUT2D eigenvalue weighted by Gasteiger charge is 2.25. The van der Waals surface area contributed by atoms with Crippen LogP contribution in [0.25, 0.3) is 0 Å². The highest BCUT2D eigenvalue weighted by atomic mass is 16.5. The molecule has 116 valence electrons. The molecular formula is C16H25N3O2. The van der Waals surface area contributed by atoms with Crippen molar-refractivity contribution in [3.63, 3.8) is 0 Å². The van der Waals surface area contributed by atoms with Crippen LogP contribution in [0, 0.1) is 0 Å². The van der Waals surface area contributed by atoms with Crippen molar-refractivity contribution in [3.8, 4) is 5.88 Å². The van der Waals surface area contributed by atoms with Crippen molar-refractivity contribution in [3.05, 3.63) is 23.9 Å². The highest BCUT2D eigenvalue weighted by molar-refractivity contribution is 5.17. The lowest BCUT2D eigenvalue weighted by Gasteiger charge is -2.40. The molecule has 3 rings (SSSR count). The van der Waals surface area contributed by atoms with E-state index in [2.05, 4.69) is 20.9 Å². The Morgan fingerprint density at radius 2 is 1.95 bits per heavy atom. The molecule has 0 aromatic carbocycles. The summed E-state index contributed by atoms with van der Waals surface area (Å²) >= 11 is 0. The Morgan fingerprint density at radius 3 is 2.57 bits per heavy atom. The number of rotatable bonds is 4. The molecule has 0 unspecified atom stereocenters. The van der Waals surface area contributed by atoms with Gasteiger partial charge >= 0.3 is 0 Å². The van der Waals surface area contributed by atoms with E-state index in [1.807, 2.05) is 12.3 Å². The molecule has 0 N–H and O–H groups in total. The highest BCUT2D eigenvalue weighted by Crippen LogP contribution is 2.17. The topological polar surface area (TPSA) is 37.8 Å². The fraction of sp³-hybridized carbons (Fsp3) is 0.688. The van der Waals surface area contributed by atoms with E-state index < -0.39 is 0 Å². The Labute approximate surface area is 126 Å². The monoisotopic (exact) mass is 291 g/mol. The summed E-state index contributed by atoms with van der Waals surface area (Å²) in [6.45, 7) is 7.48. The van der Waals surface area contributed by atoms with Gasteiger partial charge in [-0.2, -0.15) is 0 Å². The van der Waals surface area contributed by atoms with Gasteiger partial charge in [-0.15, -0.1) is 0 Å². The molecule has 0 saturated carbocycles. The normalized spacial score (nSPS) is 22.3. The Balaban J connectivity index is 1.46. The molecular weight excluding hydrogens is 266 g/mol. The minimum Gasteiger partial charge on any atom is -0.481 e. The quantitative estimate of drug-likeness (QED) is 0.838. The predicted molar refractivity (Wildman–Crippen MR) is 81.5 cm³/mol. The summed E-state index contributed by atoms with van der Waals surface area (Å²) in [7, 11) is 1.65. The van der Waals surface area contributed by atoms with Crippen LogP contribution < -0.4 is 4.74 Å². The van der Waals surface area contributed by atoms with E-state index in [1.54, 1.807) is 7.11 Å². The number of hydrogen-bond donors (Lipinski definition) is 0. The van der Waals surface area contributed by atoms with Gasteiger partial charge < -0.3 is 9.47 Å². The summed E-state index contributed by atoms with van der Waals surface area (Å²) in [5.74, 6) is 0.683. The number of pyridine rings is 1. The van der Waals surface area contributed by atoms with E-state index in [0.29, 0.717) is 5.88 Å². The van der Waals surface area contributed by atoms with Gasteiger partial charge in [-0.25, -0.2) is 4.98 Å². The molecule has 5 heteroatoms. The summed E-state index contributed by atoms with van der Waals surface area (Å²) in [4.78, 5) is 9.44. The largest absolute Gasteiger partial charge is 0.481 e. The Kier molecular flexibility index (Phi) is 5.06. The van der Waals surface area contributed by atoms with Gasteiger partial charge in [-0.05, 0) is 18.4 Å². The number of ether oxygens (including phenoxy) is 2. The first-order valence-corrected chi connectivity index (χ1v) is 7.88. The third-order valence-electron chi connectivity index (χ3n) is 4.53. The third-order valence-corrected chi connectivity index (χ3v) is 4.53. The molecule has 1 aromatic rings. The summed E-state index contributed by atoms with van der Waals surface area (Å²) in [6, 6.07) is 4.79. The van der Waals surface area contributed by atoms with E-state index in [4.69, 9.17) is 9.47 Å². The lowest BCUT2D eigenvalue weighted by atomic mass is 10.1. The molecule has 0 spiro atoms. The zero-order chi connectivity index (χ0) is 14.5. The van der Waals surface area contributed by atoms with Crippen LogP contribution in [0.5, 0.6) is 5.88 Å². The number of aromatic nitrogens is 1. The standard InChI is InChI=1S/C16H25N3O2/c1-20-16-3-2-14(12-17-16)13-18-6-8-19(9-7-18)15-4-10-21-11-5-15/h2-3,12,15H,4-11,13H2,1H3. The molecule has 2 fully saturated rings. The maximum Gasteiger partial charge on any atom is 0.212 e. The van der Waals surface area contributed by atoms with E-state index in [9.17, 15) is 0 Å². The van der Waals surface area contributed by atoms with Crippen LogP contribution in [0.4, 0.5) is 0 Å². The van der Waals surface area contributed by atoms with Crippen molar-refractivity contribution in [1.82, 2.24) is 14.8 Å². The minimum absolute atomic E-state index is 0.683. The van der Waals surface area contributed by atoms with Crippen molar-refractivity contribution in [2.24, 2.45) is 0 Å². The van der Waals surface area contributed by atoms with Crippen molar-refractivity contribution in [2.45, 2.75) is 25.4 Å². The molecule has 1 aromatic heterocycles. The van der Waals surface area contributed by atoms with E-state index in [0.717, 1.165) is 38.9 Å². The second-order valence-corrected chi connectivity index (χ2v) is 5.86. The molecule has 3 heterocycles. The zero-order valence-corrected chi connectivity index (χ0v) is 12.8. The number of methoxy groups -OCH3 is 1. The third kappa shape index (κ3) is 3.93. The van der Waals surface area contributed by atoms with Crippen LogP contribution in [-0.2, 0) is 11.3 Å². The second-order valence-electron chi connectivity index (χ2n) is 5.86. The van der Waals surface area contributed by atoms with E-state index in [-0.39, 0.29) is 0 Å². The molecule has 0 aliphatic carbocycles. The Bertz CT molecular complexity index is 424. The van der Waals surface area contributed by atoms with Gasteiger partial charge in [0.05, 0.1) is 7.11 Å². The van der Waals surface area contributed by atoms with Crippen LogP contribution in [0.1, 0.15) is 18.4 Å². The van der Waals surface area contributed by atoms with Gasteiger partial charge in [0.15, 0.2) is 0 Å². The molecule has 5 nitrogen and oxygen atoms in total. The van der Waals surface area contributed by atoms with Crippen molar-refractivity contribution in [1.29, 1.82) is 0 Å². The molecule has 21 heavy (non-hydrogen) atoms. The molecule has 0 atom stereocenters. The average molecular weight is 291 g/mol. The summed E-state index contributed by atoms with van der Waals surface area (Å²) in [5, 5.41) is 0. The number of piperazine rings is 1. The molecule has 2 aliphatic rings. The van der Waals surface area contributed by atoms with E-state index in [1.165, 1.54) is 31.5 Å². The fourth-order valence-corrected chi connectivity index (χ4v) is 3.22. The van der Waals surface area contributed by atoms with Crippen molar-refractivity contribution < 1.29 is 9.47 Å². The zero-order valence-electron chi connectivity index (χ0n) is 12.8. The Morgan fingerprint density at radius 1 is 1.19 bits per heavy atom. The van der Waals surface area contributed by atoms with Crippen molar-refractivity contribution >= 4 is 0 Å². The first kappa shape index (κ1) is 14.8. The van der Waals surface area contributed by atoms with Gasteiger partial charge in [-0.1, -0.05) is 6.07 Å². The smallest absolute Gasteiger partial charge is 0.212 e. The van der Waals surface area contributed by atoms with Crippen LogP contribution in [-0.4, -0.2) is 67.3 Å². The van der Waals surface area contributed by atoms with Gasteiger partial charge in [-0.3, -0.25) is 9.80 Å². The minimum atomic E-state index is 0.683. The predicted octanol–water partition coefficient (Wildman–Crippen LogP) is 1.39. The molecule has 0 bridgehead atoms. The summed E-state index contributed by atoms with van der Waals surface area (Å²) in [5.41, 5.74) is 1.26. The van der Waals surface area contributed by atoms with Crippen LogP contribution in [0.15, 0.2) is 18.3 Å². The van der Waals surface area contributed by atoms with Gasteiger partial charge in [0.25, 0.3) is 0 Å². The number of hydrogen-bond acceptors (Lipinski definition) is 5. The van der Waals surface area contributed by atoms with Gasteiger partial charge in [0.2, 0.25) is 5.88 Å². The maximum atomic E-state index is 5.46. The first-order valence-electron chi connectivity index (χ1n) is 7.88. The molecule has 2 saturated heterocycles. The van der Waals surface area contributed by atoms with Crippen LogP contribution in [0.3, 0.4) is 0 Å². The maximum absolute atomic E-state index is 5.46. The summed E-state index contributed by atoms with van der Waals surface area (Å²) < 4.78 is 10.6. The molecule has 0 radical (unpaired) electrons. The second kappa shape index (κ2) is 7.20. The molecule has 2 aliphatic heterocycles. The average Bonchev–Trinajstić information content (AvgIpc) is 2.57. The van der Waals surface area contributed by atoms with Crippen molar-refractivity contribution in [2.75, 3.05) is 46.5 Å². The first-order chi connectivity index (χ1) is 10.3. The van der Waals surface area contributed by atoms with Gasteiger partial charge in [0, 0.05) is 64.2 Å². The summed E-state index contributed by atoms with van der Waals surface area (Å²) in [6.07, 6.45) is 4.31. The Hall–Kier alpha value is -1.17. The lowest BCUT2D eigenvalue weighted by molar-refractivity contribution is 0.0126. The fourth-order valence-electron chi connectivity index (χ4n) is 3.22. The number of nitrogens with zero attached hydrogens (tertiary/aromatic N) is 3. The SMILES string of the molecule is COc1ccc(CN2CCN(C3CCOCC3)CC2)cn1.